The Balaban J connectivity index is 3.33. The molecular weight excluding hydrogens is 155 g/mol. The standard InChI is InChI=1S/C10H11FO/c1-4-8-6-9(11)5-7(2)10(8)12-3/h4-6H,1H2,2-3H3. The van der Waals surface area contributed by atoms with Gasteiger partial charge in [-0.2, -0.15) is 0 Å². The number of hydrogen-bond acceptors (Lipinski definition) is 1. The fourth-order valence-corrected chi connectivity index (χ4v) is 1.19. The highest BCUT2D eigenvalue weighted by Gasteiger charge is 2.05. The first-order valence-electron chi connectivity index (χ1n) is 3.65. The van der Waals surface area contributed by atoms with Gasteiger partial charge in [0.05, 0.1) is 7.11 Å². The fourth-order valence-electron chi connectivity index (χ4n) is 1.19. The van der Waals surface area contributed by atoms with Gasteiger partial charge in [-0.3, -0.25) is 0 Å². The maximum absolute atomic E-state index is 12.8. The van der Waals surface area contributed by atoms with Crippen molar-refractivity contribution in [3.63, 3.8) is 0 Å². The highest BCUT2D eigenvalue weighted by molar-refractivity contribution is 5.58. The van der Waals surface area contributed by atoms with E-state index >= 15 is 0 Å². The summed E-state index contributed by atoms with van der Waals surface area (Å²) in [7, 11) is 1.56. The van der Waals surface area contributed by atoms with Gasteiger partial charge in [-0.15, -0.1) is 0 Å². The van der Waals surface area contributed by atoms with E-state index in [1.165, 1.54) is 12.1 Å². The molecule has 64 valence electrons. The summed E-state index contributed by atoms with van der Waals surface area (Å²) in [6.45, 7) is 5.38. The lowest BCUT2D eigenvalue weighted by Crippen LogP contribution is -1.91. The van der Waals surface area contributed by atoms with Crippen molar-refractivity contribution in [3.8, 4) is 5.75 Å². The Kier molecular flexibility index (Phi) is 2.48. The molecule has 1 aromatic rings. The van der Waals surface area contributed by atoms with Crippen LogP contribution < -0.4 is 4.74 Å². The maximum Gasteiger partial charge on any atom is 0.129 e. The van der Waals surface area contributed by atoms with Gasteiger partial charge < -0.3 is 4.74 Å². The van der Waals surface area contributed by atoms with Crippen molar-refractivity contribution in [3.05, 3.63) is 35.7 Å². The Morgan fingerprint density at radius 1 is 1.50 bits per heavy atom. The van der Waals surface area contributed by atoms with Gasteiger partial charge in [-0.25, -0.2) is 4.39 Å². The molecule has 0 radical (unpaired) electrons. The summed E-state index contributed by atoms with van der Waals surface area (Å²) in [5.41, 5.74) is 1.47. The van der Waals surface area contributed by atoms with E-state index in [4.69, 9.17) is 4.74 Å². The summed E-state index contributed by atoms with van der Waals surface area (Å²) in [4.78, 5) is 0. The summed E-state index contributed by atoms with van der Waals surface area (Å²) < 4.78 is 17.9. The lowest BCUT2D eigenvalue weighted by Gasteiger charge is -2.07. The second-order valence-electron chi connectivity index (χ2n) is 2.55. The van der Waals surface area contributed by atoms with Crippen molar-refractivity contribution in [2.75, 3.05) is 7.11 Å². The number of ether oxygens (including phenoxy) is 1. The molecule has 0 saturated carbocycles. The van der Waals surface area contributed by atoms with E-state index in [-0.39, 0.29) is 5.82 Å². The molecule has 0 spiro atoms. The van der Waals surface area contributed by atoms with Gasteiger partial charge in [0.25, 0.3) is 0 Å². The minimum absolute atomic E-state index is 0.261. The van der Waals surface area contributed by atoms with E-state index in [1.807, 2.05) is 0 Å². The van der Waals surface area contributed by atoms with Gasteiger partial charge in [0.2, 0.25) is 0 Å². The SMILES string of the molecule is C=Cc1cc(F)cc(C)c1OC. The molecule has 0 heterocycles. The topological polar surface area (TPSA) is 9.23 Å². The van der Waals surface area contributed by atoms with Crippen molar-refractivity contribution >= 4 is 6.08 Å². The molecule has 1 aromatic carbocycles. The zero-order valence-corrected chi connectivity index (χ0v) is 7.23. The van der Waals surface area contributed by atoms with E-state index in [2.05, 4.69) is 6.58 Å². The molecule has 0 aromatic heterocycles. The fraction of sp³-hybridized carbons (Fsp3) is 0.200. The Morgan fingerprint density at radius 2 is 2.17 bits per heavy atom. The summed E-state index contributed by atoms with van der Waals surface area (Å²) in [6, 6.07) is 2.84. The first-order valence-corrected chi connectivity index (χ1v) is 3.65. The van der Waals surface area contributed by atoms with Crippen molar-refractivity contribution in [2.24, 2.45) is 0 Å². The number of hydrogen-bond donors (Lipinski definition) is 0. The number of aryl methyl sites for hydroxylation is 1. The second-order valence-corrected chi connectivity index (χ2v) is 2.55. The van der Waals surface area contributed by atoms with Crippen LogP contribution in [0.5, 0.6) is 5.75 Å². The molecule has 2 heteroatoms. The summed E-state index contributed by atoms with van der Waals surface area (Å²) in [5.74, 6) is 0.426. The maximum atomic E-state index is 12.8. The Morgan fingerprint density at radius 3 is 2.67 bits per heavy atom. The Labute approximate surface area is 71.5 Å². The van der Waals surface area contributed by atoms with E-state index in [0.717, 1.165) is 5.56 Å². The number of methoxy groups -OCH3 is 1. The minimum atomic E-state index is -0.261. The third-order valence-corrected chi connectivity index (χ3v) is 1.69. The van der Waals surface area contributed by atoms with Crippen molar-refractivity contribution in [1.82, 2.24) is 0 Å². The molecule has 0 atom stereocenters. The Bertz CT molecular complexity index is 305. The number of rotatable bonds is 2. The molecule has 0 bridgehead atoms. The lowest BCUT2D eigenvalue weighted by molar-refractivity contribution is 0.409. The molecule has 0 fully saturated rings. The van der Waals surface area contributed by atoms with Crippen LogP contribution >= 0.6 is 0 Å². The molecule has 0 aliphatic rings. The third kappa shape index (κ3) is 1.47. The van der Waals surface area contributed by atoms with Crippen LogP contribution in [0.3, 0.4) is 0 Å². The minimum Gasteiger partial charge on any atom is -0.496 e. The predicted molar refractivity (Wildman–Crippen MR) is 47.8 cm³/mol. The van der Waals surface area contributed by atoms with Gasteiger partial charge in [0, 0.05) is 5.56 Å². The molecule has 1 rings (SSSR count). The molecule has 0 N–H and O–H groups in total. The molecule has 0 saturated heterocycles. The van der Waals surface area contributed by atoms with Crippen molar-refractivity contribution < 1.29 is 9.13 Å². The quantitative estimate of drug-likeness (QED) is 0.656. The monoisotopic (exact) mass is 166 g/mol. The van der Waals surface area contributed by atoms with Crippen LogP contribution in [0.25, 0.3) is 6.08 Å². The molecule has 1 nitrogen and oxygen atoms in total. The predicted octanol–water partition coefficient (Wildman–Crippen LogP) is 2.79. The van der Waals surface area contributed by atoms with Gasteiger partial charge in [-0.05, 0) is 24.6 Å². The van der Waals surface area contributed by atoms with Crippen LogP contribution in [-0.4, -0.2) is 7.11 Å². The van der Waals surface area contributed by atoms with Crippen molar-refractivity contribution in [1.29, 1.82) is 0 Å². The van der Waals surface area contributed by atoms with E-state index in [0.29, 0.717) is 11.3 Å². The highest BCUT2D eigenvalue weighted by atomic mass is 19.1. The molecule has 0 unspecified atom stereocenters. The van der Waals surface area contributed by atoms with Crippen LogP contribution in [0.15, 0.2) is 18.7 Å². The largest absolute Gasteiger partial charge is 0.496 e. The summed E-state index contributed by atoms with van der Waals surface area (Å²) >= 11 is 0. The first kappa shape index (κ1) is 8.78. The van der Waals surface area contributed by atoms with Gasteiger partial charge in [0.15, 0.2) is 0 Å². The van der Waals surface area contributed by atoms with Gasteiger partial charge in [0.1, 0.15) is 11.6 Å². The van der Waals surface area contributed by atoms with Crippen molar-refractivity contribution in [2.45, 2.75) is 6.92 Å². The lowest BCUT2D eigenvalue weighted by atomic mass is 10.1. The summed E-state index contributed by atoms with van der Waals surface area (Å²) in [6.07, 6.45) is 1.58. The van der Waals surface area contributed by atoms with Crippen LogP contribution in [0.2, 0.25) is 0 Å². The van der Waals surface area contributed by atoms with Gasteiger partial charge in [-0.1, -0.05) is 12.7 Å². The van der Waals surface area contributed by atoms with Crippen LogP contribution in [0, 0.1) is 12.7 Å². The number of benzene rings is 1. The normalized spacial score (nSPS) is 9.58. The van der Waals surface area contributed by atoms with E-state index in [9.17, 15) is 4.39 Å². The average molecular weight is 166 g/mol. The second kappa shape index (κ2) is 3.39. The molecule has 0 aliphatic carbocycles. The molecule has 0 aliphatic heterocycles. The first-order chi connectivity index (χ1) is 5.69. The zero-order valence-electron chi connectivity index (χ0n) is 7.23. The van der Waals surface area contributed by atoms with Crippen LogP contribution in [0.1, 0.15) is 11.1 Å². The Hall–Kier alpha value is -1.31. The van der Waals surface area contributed by atoms with E-state index < -0.39 is 0 Å². The average Bonchev–Trinajstić information content (AvgIpc) is 2.03. The zero-order chi connectivity index (χ0) is 9.14. The molecule has 12 heavy (non-hydrogen) atoms. The van der Waals surface area contributed by atoms with Gasteiger partial charge >= 0.3 is 0 Å². The van der Waals surface area contributed by atoms with Crippen LogP contribution in [-0.2, 0) is 0 Å². The van der Waals surface area contributed by atoms with Crippen LogP contribution in [0.4, 0.5) is 4.39 Å². The highest BCUT2D eigenvalue weighted by Crippen LogP contribution is 2.25. The third-order valence-electron chi connectivity index (χ3n) is 1.69. The van der Waals surface area contributed by atoms with E-state index in [1.54, 1.807) is 20.1 Å². The smallest absolute Gasteiger partial charge is 0.129 e. The molecular formula is C10H11FO. The molecule has 0 amide bonds. The number of halogens is 1. The summed E-state index contributed by atoms with van der Waals surface area (Å²) in [5, 5.41) is 0.